The number of likely N-dealkylation sites (tertiary alicyclic amines) is 1. The molecule has 1 N–H and O–H groups in total. The molecule has 6 heterocycles. The molecule has 2 amide bonds. The van der Waals surface area contributed by atoms with Gasteiger partial charge in [0.15, 0.2) is 11.5 Å². The second-order valence-corrected chi connectivity index (χ2v) is 14.0. The Morgan fingerprint density at radius 2 is 1.74 bits per heavy atom. The van der Waals surface area contributed by atoms with Gasteiger partial charge in [-0.15, -0.1) is 0 Å². The summed E-state index contributed by atoms with van der Waals surface area (Å²) in [7, 11) is 0. The van der Waals surface area contributed by atoms with E-state index >= 15 is 0 Å². The molecule has 3 fully saturated rings. The molecule has 3 aromatic carbocycles. The number of fused-ring (bicyclic) bond motifs is 5. The van der Waals surface area contributed by atoms with Crippen LogP contribution in [0.5, 0.6) is 17.2 Å². The third kappa shape index (κ3) is 5.87. The molecule has 0 radical (unpaired) electrons. The van der Waals surface area contributed by atoms with Crippen LogP contribution in [0.3, 0.4) is 0 Å². The Kier molecular flexibility index (Phi) is 8.34. The van der Waals surface area contributed by atoms with Crippen molar-refractivity contribution in [2.45, 2.75) is 43.9 Å². The summed E-state index contributed by atoms with van der Waals surface area (Å²) >= 11 is 0. The Morgan fingerprint density at radius 3 is 2.62 bits per heavy atom. The molecule has 11 heteroatoms. The normalized spacial score (nSPS) is 23.8. The number of carbonyl (C=O) groups is 2. The summed E-state index contributed by atoms with van der Waals surface area (Å²) in [6.45, 7) is 8.06. The number of ether oxygens (including phenoxy) is 4. The maximum atomic E-state index is 14.5. The monoisotopic (exact) mass is 677 g/mol. The number of hydrogen-bond donors (Lipinski definition) is 1. The molecule has 0 aliphatic carbocycles. The van der Waals surface area contributed by atoms with Crippen LogP contribution in [0.15, 0.2) is 66.7 Å². The zero-order chi connectivity index (χ0) is 33.6. The summed E-state index contributed by atoms with van der Waals surface area (Å²) in [5, 5.41) is 1.10. The van der Waals surface area contributed by atoms with Gasteiger partial charge < -0.3 is 33.7 Å². The zero-order valence-corrected chi connectivity index (χ0v) is 28.2. The first-order valence-electron chi connectivity index (χ1n) is 17.9. The number of carbonyl (C=O) groups excluding carboxylic acids is 2. The zero-order valence-electron chi connectivity index (χ0n) is 28.2. The summed E-state index contributed by atoms with van der Waals surface area (Å²) in [5.41, 5.74) is 5.19. The largest absolute Gasteiger partial charge is 0.494 e. The molecule has 3 saturated heterocycles. The van der Waals surface area contributed by atoms with Crippen LogP contribution < -0.4 is 14.2 Å². The van der Waals surface area contributed by atoms with Crippen LogP contribution in [0.2, 0.25) is 0 Å². The molecule has 9 rings (SSSR count). The topological polar surface area (TPSA) is 99.8 Å². The lowest BCUT2D eigenvalue weighted by Crippen LogP contribution is -2.65. The van der Waals surface area contributed by atoms with Crippen molar-refractivity contribution in [3.63, 3.8) is 0 Å². The number of amides is 2. The number of H-pyrrole nitrogens is 1. The minimum atomic E-state index is -0.575. The molecule has 0 bridgehead atoms. The number of nitrogens with zero attached hydrogens (tertiary/aromatic N) is 4. The summed E-state index contributed by atoms with van der Waals surface area (Å²) in [4.78, 5) is 40.8. The summed E-state index contributed by atoms with van der Waals surface area (Å²) < 4.78 is 22.7. The molecular formula is C39H43N5O6. The fourth-order valence-electron chi connectivity index (χ4n) is 8.49. The lowest BCUT2D eigenvalue weighted by molar-refractivity contribution is -0.160. The van der Waals surface area contributed by atoms with Gasteiger partial charge in [0.1, 0.15) is 18.3 Å². The van der Waals surface area contributed by atoms with Crippen molar-refractivity contribution in [1.82, 2.24) is 24.6 Å². The number of piperazine rings is 1. The lowest BCUT2D eigenvalue weighted by atomic mass is 9.85. The van der Waals surface area contributed by atoms with Crippen LogP contribution in [0, 0.1) is 0 Å². The first kappa shape index (κ1) is 31.4. The lowest BCUT2D eigenvalue weighted by Gasteiger charge is -2.48. The molecule has 1 aromatic heterocycles. The van der Waals surface area contributed by atoms with Crippen LogP contribution in [-0.4, -0.2) is 114 Å². The van der Waals surface area contributed by atoms with Crippen molar-refractivity contribution >= 4 is 22.7 Å². The van der Waals surface area contributed by atoms with Crippen LogP contribution in [0.25, 0.3) is 10.9 Å². The Hall–Kier alpha value is -4.58. The van der Waals surface area contributed by atoms with Gasteiger partial charge in [-0.25, -0.2) is 0 Å². The standard InChI is InChI=1S/C39H43N5O6/c45-36-24-43(28-12-14-42(23-28)22-26-6-9-29(10-7-26)48-17-3-13-41-15-18-47-19-16-41)39(46)33-21-31-30-4-1-2-5-32(30)40-37(31)38(44(33)36)27-8-11-34-35(20-27)50-25-49-34/h1-2,4-11,20,28,33,38,40H,3,12-19,21-25H2/t28-,33-,38-/m1/s1. The van der Waals surface area contributed by atoms with Crippen molar-refractivity contribution in [2.75, 3.05) is 65.9 Å². The van der Waals surface area contributed by atoms with Crippen LogP contribution in [-0.2, 0) is 27.3 Å². The van der Waals surface area contributed by atoms with Gasteiger partial charge in [-0.3, -0.25) is 19.4 Å². The van der Waals surface area contributed by atoms with E-state index in [1.54, 1.807) is 0 Å². The molecule has 0 spiro atoms. The fraction of sp³-hybridized carbons (Fsp3) is 0.436. The molecular weight excluding hydrogens is 634 g/mol. The maximum Gasteiger partial charge on any atom is 0.246 e. The van der Waals surface area contributed by atoms with E-state index in [1.807, 2.05) is 40.1 Å². The van der Waals surface area contributed by atoms with Crippen molar-refractivity contribution in [3.05, 3.63) is 89.1 Å². The number of nitrogens with one attached hydrogen (secondary N) is 1. The first-order valence-corrected chi connectivity index (χ1v) is 17.9. The number of rotatable bonds is 9. The van der Waals surface area contributed by atoms with E-state index in [9.17, 15) is 9.59 Å². The fourth-order valence-corrected chi connectivity index (χ4v) is 8.49. The van der Waals surface area contributed by atoms with E-state index in [0.717, 1.165) is 98.8 Å². The summed E-state index contributed by atoms with van der Waals surface area (Å²) in [6, 6.07) is 21.4. The molecule has 0 unspecified atom stereocenters. The van der Waals surface area contributed by atoms with Gasteiger partial charge in [0.25, 0.3) is 0 Å². The predicted molar refractivity (Wildman–Crippen MR) is 186 cm³/mol. The van der Waals surface area contributed by atoms with Crippen LogP contribution in [0.4, 0.5) is 0 Å². The number of para-hydroxylation sites is 1. The highest BCUT2D eigenvalue weighted by molar-refractivity contribution is 5.98. The third-order valence-electron chi connectivity index (χ3n) is 11.0. The molecule has 4 aromatic rings. The van der Waals surface area contributed by atoms with Gasteiger partial charge in [0.2, 0.25) is 18.6 Å². The van der Waals surface area contributed by atoms with Gasteiger partial charge in [-0.2, -0.15) is 0 Å². The number of morpholine rings is 1. The quantitative estimate of drug-likeness (QED) is 0.266. The number of aromatic nitrogens is 1. The van der Waals surface area contributed by atoms with Crippen molar-refractivity contribution in [1.29, 1.82) is 0 Å². The molecule has 3 atom stereocenters. The van der Waals surface area contributed by atoms with E-state index in [-0.39, 0.29) is 31.2 Å². The Bertz CT molecular complexity index is 1890. The Balaban J connectivity index is 0.875. The average Bonchev–Trinajstić information content (AvgIpc) is 3.90. The second-order valence-electron chi connectivity index (χ2n) is 14.0. The number of benzene rings is 3. The Labute approximate surface area is 291 Å². The first-order chi connectivity index (χ1) is 24.6. The highest BCUT2D eigenvalue weighted by atomic mass is 16.7. The summed E-state index contributed by atoms with van der Waals surface area (Å²) in [6.07, 6.45) is 2.33. The van der Waals surface area contributed by atoms with Crippen molar-refractivity contribution in [2.24, 2.45) is 0 Å². The van der Waals surface area contributed by atoms with Gasteiger partial charge in [-0.1, -0.05) is 36.4 Å². The van der Waals surface area contributed by atoms with E-state index in [1.165, 1.54) is 5.56 Å². The highest BCUT2D eigenvalue weighted by Crippen LogP contribution is 2.45. The van der Waals surface area contributed by atoms with Crippen molar-refractivity contribution in [3.8, 4) is 17.2 Å². The van der Waals surface area contributed by atoms with E-state index < -0.39 is 12.1 Å². The molecule has 0 saturated carbocycles. The van der Waals surface area contributed by atoms with E-state index in [2.05, 4.69) is 51.2 Å². The molecule has 11 nitrogen and oxygen atoms in total. The average molecular weight is 678 g/mol. The van der Waals surface area contributed by atoms with Gasteiger partial charge in [0, 0.05) is 68.3 Å². The predicted octanol–water partition coefficient (Wildman–Crippen LogP) is 3.96. The second kappa shape index (κ2) is 13.3. The van der Waals surface area contributed by atoms with Crippen molar-refractivity contribution < 1.29 is 28.5 Å². The maximum absolute atomic E-state index is 14.5. The van der Waals surface area contributed by atoms with E-state index in [0.29, 0.717) is 24.5 Å². The number of aromatic amines is 1. The van der Waals surface area contributed by atoms with E-state index in [4.69, 9.17) is 18.9 Å². The van der Waals surface area contributed by atoms with Crippen LogP contribution in [0.1, 0.15) is 41.3 Å². The minimum Gasteiger partial charge on any atom is -0.494 e. The summed E-state index contributed by atoms with van der Waals surface area (Å²) in [5.74, 6) is 2.25. The minimum absolute atomic E-state index is 0.00367. The third-order valence-corrected chi connectivity index (χ3v) is 11.0. The SMILES string of the molecule is O=C1[C@H]2Cc3c([nH]c4ccccc34)[C@@H](c3ccc4c(c3)OCO4)N2C(=O)CN1[C@@H]1CCN(Cc2ccc(OCCCN3CCOCC3)cc2)C1. The smallest absolute Gasteiger partial charge is 0.246 e. The number of hydrogen-bond acceptors (Lipinski definition) is 8. The molecule has 260 valence electrons. The molecule has 5 aliphatic rings. The van der Waals surface area contributed by atoms with Gasteiger partial charge >= 0.3 is 0 Å². The Morgan fingerprint density at radius 1 is 0.900 bits per heavy atom. The highest BCUT2D eigenvalue weighted by Gasteiger charge is 2.50. The molecule has 50 heavy (non-hydrogen) atoms. The van der Waals surface area contributed by atoms with Crippen LogP contribution >= 0.6 is 0 Å². The van der Waals surface area contributed by atoms with Gasteiger partial charge in [-0.05, 0) is 59.9 Å². The molecule has 5 aliphatic heterocycles. The van der Waals surface area contributed by atoms with Gasteiger partial charge in [0.05, 0.1) is 25.9 Å².